The molecule has 0 rings (SSSR count). The van der Waals surface area contributed by atoms with Crippen molar-refractivity contribution in [3.63, 3.8) is 0 Å². The van der Waals surface area contributed by atoms with Gasteiger partial charge in [0.25, 0.3) is 5.78 Å². The molecule has 0 saturated heterocycles. The molecule has 0 aliphatic rings. The molecule has 0 fully saturated rings. The van der Waals surface area contributed by atoms with Gasteiger partial charge in [-0.25, -0.2) is 9.59 Å². The zero-order valence-electron chi connectivity index (χ0n) is 5.63. The van der Waals surface area contributed by atoms with E-state index in [9.17, 15) is 14.4 Å². The van der Waals surface area contributed by atoms with E-state index < -0.39 is 11.8 Å². The first-order valence-electron chi connectivity index (χ1n) is 2.47. The van der Waals surface area contributed by atoms with Crippen molar-refractivity contribution in [2.75, 3.05) is 7.11 Å². The highest BCUT2D eigenvalue weighted by Crippen LogP contribution is 1.89. The van der Waals surface area contributed by atoms with Crippen molar-refractivity contribution in [3.05, 3.63) is 5.57 Å². The van der Waals surface area contributed by atoms with Gasteiger partial charge in [0.2, 0.25) is 0 Å². The molecular weight excluding hydrogens is 136 g/mol. The van der Waals surface area contributed by atoms with Crippen LogP contribution in [0.4, 0.5) is 0 Å². The Morgan fingerprint density at radius 2 is 1.90 bits per heavy atom. The molecule has 10 heavy (non-hydrogen) atoms. The SMILES string of the molecule is COC(=O)C(=O)C(C)=C=O. The van der Waals surface area contributed by atoms with E-state index in [-0.39, 0.29) is 5.57 Å². The Morgan fingerprint density at radius 3 is 2.20 bits per heavy atom. The highest BCUT2D eigenvalue weighted by molar-refractivity contribution is 6.41. The van der Waals surface area contributed by atoms with Gasteiger partial charge < -0.3 is 4.74 Å². The van der Waals surface area contributed by atoms with Crippen LogP contribution in [0.15, 0.2) is 5.57 Å². The second kappa shape index (κ2) is 3.58. The summed E-state index contributed by atoms with van der Waals surface area (Å²) in [7, 11) is 1.07. The molecule has 0 bridgehead atoms. The summed E-state index contributed by atoms with van der Waals surface area (Å²) in [5.41, 5.74) is -0.271. The Labute approximate surface area is 57.5 Å². The lowest BCUT2D eigenvalue weighted by molar-refractivity contribution is -0.149. The molecule has 0 unspecified atom stereocenters. The van der Waals surface area contributed by atoms with Gasteiger partial charge in [-0.3, -0.25) is 4.79 Å². The average molecular weight is 142 g/mol. The summed E-state index contributed by atoms with van der Waals surface area (Å²) in [5.74, 6) is -0.691. The van der Waals surface area contributed by atoms with Crippen molar-refractivity contribution in [3.8, 4) is 0 Å². The summed E-state index contributed by atoms with van der Waals surface area (Å²) in [4.78, 5) is 30.6. The summed E-state index contributed by atoms with van der Waals surface area (Å²) in [6, 6.07) is 0. The predicted molar refractivity (Wildman–Crippen MR) is 31.9 cm³/mol. The molecule has 0 aromatic heterocycles. The van der Waals surface area contributed by atoms with Crippen molar-refractivity contribution in [2.45, 2.75) is 6.92 Å². The second-order valence-corrected chi connectivity index (χ2v) is 1.55. The van der Waals surface area contributed by atoms with Crippen LogP contribution in [0.25, 0.3) is 0 Å². The molecule has 4 heteroatoms. The van der Waals surface area contributed by atoms with E-state index in [1.54, 1.807) is 0 Å². The van der Waals surface area contributed by atoms with Crippen LogP contribution in [0.1, 0.15) is 6.92 Å². The summed E-state index contributed by atoms with van der Waals surface area (Å²) >= 11 is 0. The molecule has 0 aliphatic heterocycles. The van der Waals surface area contributed by atoms with E-state index in [4.69, 9.17) is 0 Å². The van der Waals surface area contributed by atoms with E-state index in [1.807, 2.05) is 0 Å². The van der Waals surface area contributed by atoms with Gasteiger partial charge in [0.05, 0.1) is 12.7 Å². The third kappa shape index (κ3) is 1.84. The number of carbonyl (C=O) groups excluding carboxylic acids is 3. The molecule has 0 aromatic carbocycles. The Kier molecular flexibility index (Phi) is 3.08. The molecule has 0 saturated carbocycles. The van der Waals surface area contributed by atoms with Gasteiger partial charge in [0.1, 0.15) is 5.94 Å². The lowest BCUT2D eigenvalue weighted by Crippen LogP contribution is -2.16. The maximum absolute atomic E-state index is 10.5. The van der Waals surface area contributed by atoms with Gasteiger partial charge in [-0.2, -0.15) is 0 Å². The minimum absolute atomic E-state index is 0.271. The lowest BCUT2D eigenvalue weighted by Gasteiger charge is -1.92. The highest BCUT2D eigenvalue weighted by Gasteiger charge is 2.15. The normalized spacial score (nSPS) is 7.80. The lowest BCUT2D eigenvalue weighted by atomic mass is 10.2. The largest absolute Gasteiger partial charge is 0.463 e. The molecule has 54 valence electrons. The summed E-state index contributed by atoms with van der Waals surface area (Å²) < 4.78 is 4.05. The third-order valence-electron chi connectivity index (χ3n) is 0.864. The quantitative estimate of drug-likeness (QED) is 0.226. The Hall–Kier alpha value is -1.41. The molecule has 0 atom stereocenters. The zero-order valence-corrected chi connectivity index (χ0v) is 5.63. The van der Waals surface area contributed by atoms with Crippen molar-refractivity contribution in [1.82, 2.24) is 0 Å². The minimum atomic E-state index is -1.04. The smallest absolute Gasteiger partial charge is 0.379 e. The first kappa shape index (κ1) is 8.59. The fourth-order valence-electron chi connectivity index (χ4n) is 0.292. The standard InChI is InChI=1S/C6H6O4/c1-4(3-7)5(8)6(9)10-2/h1-2H3. The zero-order chi connectivity index (χ0) is 8.15. The van der Waals surface area contributed by atoms with Crippen LogP contribution >= 0.6 is 0 Å². The maximum Gasteiger partial charge on any atom is 0.379 e. The summed E-state index contributed by atoms with van der Waals surface area (Å²) in [5, 5.41) is 0. The van der Waals surface area contributed by atoms with E-state index in [2.05, 4.69) is 4.74 Å². The molecule has 0 N–H and O–H groups in total. The number of rotatable bonds is 2. The van der Waals surface area contributed by atoms with Gasteiger partial charge in [0.15, 0.2) is 0 Å². The topological polar surface area (TPSA) is 60.4 Å². The fraction of sp³-hybridized carbons (Fsp3) is 0.333. The monoisotopic (exact) mass is 142 g/mol. The van der Waals surface area contributed by atoms with Crippen LogP contribution in [-0.2, 0) is 19.1 Å². The van der Waals surface area contributed by atoms with Crippen LogP contribution in [0, 0.1) is 0 Å². The average Bonchev–Trinajstić information content (AvgIpc) is 2.00. The van der Waals surface area contributed by atoms with Crippen LogP contribution in [0.2, 0.25) is 0 Å². The van der Waals surface area contributed by atoms with E-state index in [0.717, 1.165) is 7.11 Å². The minimum Gasteiger partial charge on any atom is -0.463 e. The molecular formula is C6H6O4. The molecule has 0 radical (unpaired) electrons. The third-order valence-corrected chi connectivity index (χ3v) is 0.864. The molecule has 0 amide bonds. The number of hydrogen-bond acceptors (Lipinski definition) is 4. The van der Waals surface area contributed by atoms with Gasteiger partial charge in [-0.1, -0.05) is 0 Å². The Balaban J connectivity index is 4.38. The van der Waals surface area contributed by atoms with E-state index >= 15 is 0 Å². The van der Waals surface area contributed by atoms with E-state index in [0.29, 0.717) is 0 Å². The first-order chi connectivity index (χ1) is 4.63. The van der Waals surface area contributed by atoms with Gasteiger partial charge >= 0.3 is 5.97 Å². The molecule has 0 heterocycles. The number of methoxy groups -OCH3 is 1. The van der Waals surface area contributed by atoms with Crippen LogP contribution < -0.4 is 0 Å². The number of carbonyl (C=O) groups is 2. The highest BCUT2D eigenvalue weighted by atomic mass is 16.5. The molecule has 4 nitrogen and oxygen atoms in total. The van der Waals surface area contributed by atoms with Gasteiger partial charge in [-0.05, 0) is 6.92 Å². The number of Topliss-reactive ketones (excluding diaryl/α,β-unsaturated/α-hetero) is 1. The first-order valence-corrected chi connectivity index (χ1v) is 2.47. The van der Waals surface area contributed by atoms with Crippen molar-refractivity contribution >= 4 is 17.7 Å². The Bertz CT molecular complexity index is 210. The molecule has 0 aromatic rings. The molecule has 0 spiro atoms. The van der Waals surface area contributed by atoms with Crippen LogP contribution in [0.3, 0.4) is 0 Å². The fourth-order valence-corrected chi connectivity index (χ4v) is 0.292. The van der Waals surface area contributed by atoms with Crippen LogP contribution in [0.5, 0.6) is 0 Å². The van der Waals surface area contributed by atoms with E-state index in [1.165, 1.54) is 12.9 Å². The molecule has 0 aliphatic carbocycles. The number of ether oxygens (including phenoxy) is 1. The number of esters is 1. The van der Waals surface area contributed by atoms with Crippen molar-refractivity contribution in [2.24, 2.45) is 0 Å². The van der Waals surface area contributed by atoms with Crippen molar-refractivity contribution in [1.29, 1.82) is 0 Å². The Morgan fingerprint density at radius 1 is 1.40 bits per heavy atom. The second-order valence-electron chi connectivity index (χ2n) is 1.55. The maximum atomic E-state index is 10.5. The summed E-state index contributed by atoms with van der Waals surface area (Å²) in [6.07, 6.45) is 0. The summed E-state index contributed by atoms with van der Waals surface area (Å²) in [6.45, 7) is 1.20. The predicted octanol–water partition coefficient (Wildman–Crippen LogP) is -0.494. The number of hydrogen-bond donors (Lipinski definition) is 0. The van der Waals surface area contributed by atoms with Gasteiger partial charge in [-0.15, -0.1) is 0 Å². The van der Waals surface area contributed by atoms with Gasteiger partial charge in [0, 0.05) is 0 Å². The van der Waals surface area contributed by atoms with Crippen molar-refractivity contribution < 1.29 is 19.1 Å². The number of ketones is 1. The van der Waals surface area contributed by atoms with Crippen LogP contribution in [-0.4, -0.2) is 24.8 Å².